The van der Waals surface area contributed by atoms with Crippen molar-refractivity contribution in [2.45, 2.75) is 17.9 Å². The maximum Gasteiger partial charge on any atom is 0.340 e. The van der Waals surface area contributed by atoms with Crippen LogP contribution < -0.4 is 0 Å². The Morgan fingerprint density at radius 1 is 0.853 bits per heavy atom. The summed E-state index contributed by atoms with van der Waals surface area (Å²) in [4.78, 5) is 54.8. The van der Waals surface area contributed by atoms with Crippen LogP contribution in [0.1, 0.15) is 17.9 Å². The molecule has 9 nitrogen and oxygen atoms in total. The van der Waals surface area contributed by atoms with Gasteiger partial charge in [-0.05, 0) is 24.1 Å². The maximum absolute atomic E-state index is 13.8. The van der Waals surface area contributed by atoms with Crippen LogP contribution in [0.4, 0.5) is 0 Å². The molecule has 0 aromatic heterocycles. The molecule has 3 aliphatic heterocycles. The lowest BCUT2D eigenvalue weighted by Gasteiger charge is -2.46. The molecule has 1 aromatic rings. The Morgan fingerprint density at radius 2 is 1.47 bits per heavy atom. The fourth-order valence-corrected chi connectivity index (χ4v) is 5.08. The van der Waals surface area contributed by atoms with Gasteiger partial charge in [-0.2, -0.15) is 0 Å². The summed E-state index contributed by atoms with van der Waals surface area (Å²) >= 11 is 0. The van der Waals surface area contributed by atoms with Gasteiger partial charge >= 0.3 is 23.9 Å². The molecule has 3 heterocycles. The van der Waals surface area contributed by atoms with E-state index in [0.717, 1.165) is 26.9 Å². The zero-order chi connectivity index (χ0) is 24.6. The molecule has 0 bridgehead atoms. The predicted molar refractivity (Wildman–Crippen MR) is 118 cm³/mol. The van der Waals surface area contributed by atoms with Gasteiger partial charge in [0.1, 0.15) is 0 Å². The number of nitrogens with zero attached hydrogens (tertiary/aromatic N) is 1. The van der Waals surface area contributed by atoms with Crippen LogP contribution in [0.5, 0.6) is 0 Å². The Labute approximate surface area is 195 Å². The Balaban J connectivity index is 2.21. The lowest BCUT2D eigenvalue weighted by atomic mass is 9.70. The highest BCUT2D eigenvalue weighted by Gasteiger charge is 2.67. The van der Waals surface area contributed by atoms with Crippen LogP contribution in [-0.2, 0) is 38.1 Å². The zero-order valence-corrected chi connectivity index (χ0v) is 19.1. The highest BCUT2D eigenvalue weighted by molar-refractivity contribution is 6.17. The average molecular weight is 465 g/mol. The first-order valence-corrected chi connectivity index (χ1v) is 10.4. The number of hydrogen-bond donors (Lipinski definition) is 0. The molecule has 1 fully saturated rings. The van der Waals surface area contributed by atoms with E-state index in [1.165, 1.54) is 7.11 Å². The van der Waals surface area contributed by atoms with Crippen LogP contribution in [0.15, 0.2) is 76.7 Å². The Kier molecular flexibility index (Phi) is 5.87. The van der Waals surface area contributed by atoms with Gasteiger partial charge in [0.15, 0.2) is 5.54 Å². The number of ether oxygens (including phenoxy) is 4. The van der Waals surface area contributed by atoms with Gasteiger partial charge < -0.3 is 23.8 Å². The monoisotopic (exact) mass is 465 g/mol. The van der Waals surface area contributed by atoms with Gasteiger partial charge in [-0.15, -0.1) is 0 Å². The van der Waals surface area contributed by atoms with Crippen LogP contribution in [0, 0.1) is 0 Å². The molecule has 0 saturated carbocycles. The molecule has 0 N–H and O–H groups in total. The quantitative estimate of drug-likeness (QED) is 0.476. The first-order chi connectivity index (χ1) is 16.4. The van der Waals surface area contributed by atoms with Gasteiger partial charge in [0.25, 0.3) is 0 Å². The second kappa shape index (κ2) is 8.66. The molecule has 1 aromatic carbocycles. The summed E-state index contributed by atoms with van der Waals surface area (Å²) in [5.41, 5.74) is -1.17. The van der Waals surface area contributed by atoms with Crippen molar-refractivity contribution in [1.82, 2.24) is 4.90 Å². The minimum Gasteiger partial charge on any atom is -0.467 e. The maximum atomic E-state index is 13.8. The summed E-state index contributed by atoms with van der Waals surface area (Å²) in [6.07, 6.45) is 5.39. The number of allylic oxidation sites excluding steroid dienone is 4. The van der Waals surface area contributed by atoms with Crippen molar-refractivity contribution < 1.29 is 38.1 Å². The molecule has 3 aliphatic rings. The van der Waals surface area contributed by atoms with E-state index < -0.39 is 40.9 Å². The molecule has 0 aliphatic carbocycles. The van der Waals surface area contributed by atoms with E-state index in [4.69, 9.17) is 18.9 Å². The van der Waals surface area contributed by atoms with E-state index in [-0.39, 0.29) is 16.8 Å². The summed E-state index contributed by atoms with van der Waals surface area (Å²) in [5, 5.41) is 0. The van der Waals surface area contributed by atoms with Gasteiger partial charge in [0, 0.05) is 11.6 Å². The molecular weight excluding hydrogens is 442 g/mol. The van der Waals surface area contributed by atoms with Crippen LogP contribution in [0.25, 0.3) is 0 Å². The van der Waals surface area contributed by atoms with Crippen LogP contribution >= 0.6 is 0 Å². The SMILES string of the molecule is COC(=O)C1=C2C=CC=C3CC(c4ccccc4)C(C(=O)OC)(C(C(=O)OC)=C1C(=O)OC)N32. The number of esters is 4. The molecule has 176 valence electrons. The smallest absolute Gasteiger partial charge is 0.340 e. The van der Waals surface area contributed by atoms with Gasteiger partial charge in [-0.25, -0.2) is 19.2 Å². The van der Waals surface area contributed by atoms with Crippen molar-refractivity contribution in [3.05, 3.63) is 82.2 Å². The largest absolute Gasteiger partial charge is 0.467 e. The van der Waals surface area contributed by atoms with Crippen LogP contribution in [-0.4, -0.2) is 62.8 Å². The lowest BCUT2D eigenvalue weighted by molar-refractivity contribution is -0.154. The van der Waals surface area contributed by atoms with E-state index in [0.29, 0.717) is 12.1 Å². The number of carbonyl (C=O) groups is 4. The molecular formula is C25H23NO8. The highest BCUT2D eigenvalue weighted by Crippen LogP contribution is 2.58. The fraction of sp³-hybridized carbons (Fsp3) is 0.280. The van der Waals surface area contributed by atoms with Gasteiger partial charge in [-0.3, -0.25) is 0 Å². The Hall–Kier alpha value is -4.14. The molecule has 0 radical (unpaired) electrons. The van der Waals surface area contributed by atoms with Crippen molar-refractivity contribution in [3.8, 4) is 0 Å². The van der Waals surface area contributed by atoms with E-state index in [9.17, 15) is 19.2 Å². The van der Waals surface area contributed by atoms with E-state index in [1.54, 1.807) is 23.1 Å². The van der Waals surface area contributed by atoms with E-state index >= 15 is 0 Å². The van der Waals surface area contributed by atoms with Gasteiger partial charge in [0.2, 0.25) is 0 Å². The first-order valence-electron chi connectivity index (χ1n) is 10.4. The summed E-state index contributed by atoms with van der Waals surface area (Å²) in [7, 11) is 4.61. The molecule has 2 unspecified atom stereocenters. The van der Waals surface area contributed by atoms with E-state index in [2.05, 4.69) is 0 Å². The second-order valence-corrected chi connectivity index (χ2v) is 7.76. The van der Waals surface area contributed by atoms with Gasteiger partial charge in [0.05, 0.1) is 50.9 Å². The minimum atomic E-state index is -1.84. The molecule has 0 spiro atoms. The van der Waals surface area contributed by atoms with Crippen molar-refractivity contribution in [3.63, 3.8) is 0 Å². The number of carbonyl (C=O) groups excluding carboxylic acids is 4. The summed E-state index contributed by atoms with van der Waals surface area (Å²) in [6.45, 7) is 0. The number of rotatable bonds is 5. The first kappa shape index (κ1) is 23.0. The average Bonchev–Trinajstić information content (AvgIpc) is 3.24. The molecule has 9 heteroatoms. The van der Waals surface area contributed by atoms with Crippen molar-refractivity contribution in [2.24, 2.45) is 0 Å². The zero-order valence-electron chi connectivity index (χ0n) is 19.1. The Morgan fingerprint density at radius 3 is 2.06 bits per heavy atom. The third kappa shape index (κ3) is 3.00. The summed E-state index contributed by atoms with van der Waals surface area (Å²) in [6, 6.07) is 9.11. The van der Waals surface area contributed by atoms with Gasteiger partial charge in [-0.1, -0.05) is 36.4 Å². The number of benzene rings is 1. The standard InChI is InChI=1S/C25H23NO8/c1-31-21(27)18-17-12-8-11-15-13-16(14-9-6-5-7-10-14)25(26(15)17,24(30)34-4)20(23(29)33-3)19(18)22(28)32-2/h5-12,16H,13H2,1-4H3. The number of methoxy groups -OCH3 is 4. The molecule has 0 amide bonds. The predicted octanol–water partition coefficient (Wildman–Crippen LogP) is 1.92. The van der Waals surface area contributed by atoms with Crippen LogP contribution in [0.2, 0.25) is 0 Å². The third-order valence-corrected chi connectivity index (χ3v) is 6.35. The summed E-state index contributed by atoms with van der Waals surface area (Å²) < 4.78 is 20.2. The normalized spacial score (nSPS) is 22.6. The topological polar surface area (TPSA) is 108 Å². The third-order valence-electron chi connectivity index (χ3n) is 6.35. The highest BCUT2D eigenvalue weighted by atomic mass is 16.5. The number of hydrogen-bond acceptors (Lipinski definition) is 9. The minimum absolute atomic E-state index is 0.204. The van der Waals surface area contributed by atoms with Crippen LogP contribution in [0.3, 0.4) is 0 Å². The van der Waals surface area contributed by atoms with Crippen molar-refractivity contribution in [2.75, 3.05) is 28.4 Å². The van der Waals surface area contributed by atoms with Crippen molar-refractivity contribution >= 4 is 23.9 Å². The van der Waals surface area contributed by atoms with E-state index in [1.807, 2.05) is 30.3 Å². The second-order valence-electron chi connectivity index (χ2n) is 7.76. The fourth-order valence-electron chi connectivity index (χ4n) is 5.08. The molecule has 2 atom stereocenters. The molecule has 1 saturated heterocycles. The lowest BCUT2D eigenvalue weighted by Crippen LogP contribution is -2.59. The Bertz CT molecular complexity index is 1210. The molecule has 4 rings (SSSR count). The molecule has 34 heavy (non-hydrogen) atoms. The van der Waals surface area contributed by atoms with Crippen molar-refractivity contribution in [1.29, 1.82) is 0 Å². The summed E-state index contributed by atoms with van der Waals surface area (Å²) in [5.74, 6) is -4.27.